The van der Waals surface area contributed by atoms with Gasteiger partial charge in [0.25, 0.3) is 0 Å². The molecule has 4 rings (SSSR count). The normalized spacial score (nSPS) is 23.5. The van der Waals surface area contributed by atoms with E-state index in [-0.39, 0.29) is 43.8 Å². The number of aliphatic hydroxyl groups is 2. The van der Waals surface area contributed by atoms with Crippen LogP contribution in [0.2, 0.25) is 0 Å². The SMILES string of the molecule is O=C(O)CCCCCC(=O)Nc1ccc([C@@H]2O[C@H](CN3CCC[C@H]3CO)C[C@H](c3ccc(CO)cc3)O2)cc1. The lowest BCUT2D eigenvalue weighted by Crippen LogP contribution is -2.42. The van der Waals surface area contributed by atoms with Gasteiger partial charge in [-0.15, -0.1) is 0 Å². The lowest BCUT2D eigenvalue weighted by molar-refractivity contribution is -0.253. The topological polar surface area (TPSA) is 129 Å². The van der Waals surface area contributed by atoms with E-state index in [0.29, 0.717) is 37.8 Å². The Morgan fingerprint density at radius 3 is 2.33 bits per heavy atom. The molecule has 0 saturated carbocycles. The fourth-order valence-corrected chi connectivity index (χ4v) is 5.32. The number of anilines is 1. The molecule has 39 heavy (non-hydrogen) atoms. The maximum Gasteiger partial charge on any atom is 0.303 e. The van der Waals surface area contributed by atoms with Crippen LogP contribution in [0.4, 0.5) is 5.69 Å². The zero-order valence-corrected chi connectivity index (χ0v) is 22.3. The molecule has 9 nitrogen and oxygen atoms in total. The van der Waals surface area contributed by atoms with Crippen LogP contribution in [0.5, 0.6) is 0 Å². The van der Waals surface area contributed by atoms with E-state index in [9.17, 15) is 19.8 Å². The third kappa shape index (κ3) is 8.58. The van der Waals surface area contributed by atoms with Gasteiger partial charge in [-0.3, -0.25) is 14.5 Å². The van der Waals surface area contributed by atoms with Gasteiger partial charge in [-0.05, 0) is 55.5 Å². The first kappa shape index (κ1) is 29.2. The van der Waals surface area contributed by atoms with Crippen molar-refractivity contribution in [2.75, 3.05) is 25.0 Å². The number of amides is 1. The highest BCUT2D eigenvalue weighted by molar-refractivity contribution is 5.90. The van der Waals surface area contributed by atoms with E-state index in [1.807, 2.05) is 48.5 Å². The number of benzene rings is 2. The smallest absolute Gasteiger partial charge is 0.303 e. The van der Waals surface area contributed by atoms with E-state index in [1.54, 1.807) is 0 Å². The number of ether oxygens (including phenoxy) is 2. The molecule has 1 amide bonds. The number of unbranched alkanes of at least 4 members (excludes halogenated alkanes) is 2. The van der Waals surface area contributed by atoms with Crippen LogP contribution in [0, 0.1) is 0 Å². The first-order valence-electron chi connectivity index (χ1n) is 13.9. The molecular weight excluding hydrogens is 500 g/mol. The van der Waals surface area contributed by atoms with Crippen molar-refractivity contribution in [3.8, 4) is 0 Å². The minimum absolute atomic E-state index is 0.00865. The summed E-state index contributed by atoms with van der Waals surface area (Å²) >= 11 is 0. The Hall–Kier alpha value is -2.82. The Labute approximate surface area is 229 Å². The van der Waals surface area contributed by atoms with Crippen molar-refractivity contribution >= 4 is 17.6 Å². The number of carbonyl (C=O) groups excluding carboxylic acids is 1. The van der Waals surface area contributed by atoms with Crippen LogP contribution in [-0.2, 0) is 25.7 Å². The van der Waals surface area contributed by atoms with Gasteiger partial charge in [0.1, 0.15) is 0 Å². The van der Waals surface area contributed by atoms with E-state index in [1.165, 1.54) is 0 Å². The highest BCUT2D eigenvalue weighted by Gasteiger charge is 2.35. The number of hydrogen-bond acceptors (Lipinski definition) is 7. The monoisotopic (exact) mass is 540 g/mol. The number of carboxylic acids is 1. The molecule has 0 aliphatic carbocycles. The molecule has 0 unspecified atom stereocenters. The quantitative estimate of drug-likeness (QED) is 0.279. The van der Waals surface area contributed by atoms with Crippen molar-refractivity contribution in [2.45, 2.75) is 82.5 Å². The fraction of sp³-hybridized carbons (Fsp3) is 0.533. The maximum atomic E-state index is 12.3. The Morgan fingerprint density at radius 2 is 1.64 bits per heavy atom. The zero-order chi connectivity index (χ0) is 27.6. The minimum atomic E-state index is -0.812. The second-order valence-electron chi connectivity index (χ2n) is 10.4. The number of aliphatic hydroxyl groups excluding tert-OH is 2. The number of likely N-dealkylation sites (tertiary alicyclic amines) is 1. The number of carbonyl (C=O) groups is 2. The molecule has 4 N–H and O–H groups in total. The van der Waals surface area contributed by atoms with Gasteiger partial charge in [0.2, 0.25) is 5.91 Å². The molecule has 0 spiro atoms. The van der Waals surface area contributed by atoms with Gasteiger partial charge >= 0.3 is 5.97 Å². The number of carboxylic acid groups (broad SMARTS) is 1. The third-order valence-corrected chi connectivity index (χ3v) is 7.52. The number of nitrogens with one attached hydrogen (secondary N) is 1. The fourth-order valence-electron chi connectivity index (χ4n) is 5.32. The molecule has 0 radical (unpaired) electrons. The van der Waals surface area contributed by atoms with Crippen molar-refractivity contribution in [1.29, 1.82) is 0 Å². The molecular formula is C30H40N2O7. The molecule has 0 aromatic heterocycles. The summed E-state index contributed by atoms with van der Waals surface area (Å²) in [6.07, 6.45) is 4.30. The Balaban J connectivity index is 1.39. The van der Waals surface area contributed by atoms with Gasteiger partial charge in [-0.25, -0.2) is 0 Å². The summed E-state index contributed by atoms with van der Waals surface area (Å²) in [5, 5.41) is 30.8. The zero-order valence-electron chi connectivity index (χ0n) is 22.3. The second kappa shape index (κ2) is 14.5. The van der Waals surface area contributed by atoms with Crippen LogP contribution < -0.4 is 5.32 Å². The van der Waals surface area contributed by atoms with Crippen LogP contribution in [0.3, 0.4) is 0 Å². The largest absolute Gasteiger partial charge is 0.481 e. The summed E-state index contributed by atoms with van der Waals surface area (Å²) in [6.45, 7) is 1.80. The first-order chi connectivity index (χ1) is 18.9. The molecule has 2 aromatic carbocycles. The van der Waals surface area contributed by atoms with Gasteiger partial charge in [-0.1, -0.05) is 42.8 Å². The van der Waals surface area contributed by atoms with Crippen LogP contribution >= 0.6 is 0 Å². The molecule has 2 heterocycles. The number of rotatable bonds is 13. The van der Waals surface area contributed by atoms with Gasteiger partial charge in [0, 0.05) is 43.1 Å². The third-order valence-electron chi connectivity index (χ3n) is 7.52. The van der Waals surface area contributed by atoms with Gasteiger partial charge in [-0.2, -0.15) is 0 Å². The predicted molar refractivity (Wildman–Crippen MR) is 146 cm³/mol. The number of aliphatic carboxylic acids is 1. The van der Waals surface area contributed by atoms with Crippen molar-refractivity contribution in [3.63, 3.8) is 0 Å². The Kier molecular flexibility index (Phi) is 10.9. The summed E-state index contributed by atoms with van der Waals surface area (Å²) in [4.78, 5) is 25.2. The number of hydrogen-bond donors (Lipinski definition) is 4. The van der Waals surface area contributed by atoms with Crippen LogP contribution in [-0.4, -0.2) is 63.9 Å². The molecule has 2 aromatic rings. The molecule has 4 atom stereocenters. The lowest BCUT2D eigenvalue weighted by atomic mass is 9.99. The summed E-state index contributed by atoms with van der Waals surface area (Å²) in [7, 11) is 0. The summed E-state index contributed by atoms with van der Waals surface area (Å²) < 4.78 is 12.8. The van der Waals surface area contributed by atoms with E-state index in [2.05, 4.69) is 10.2 Å². The van der Waals surface area contributed by atoms with E-state index in [4.69, 9.17) is 14.6 Å². The predicted octanol–water partition coefficient (Wildman–Crippen LogP) is 4.15. The van der Waals surface area contributed by atoms with Crippen LogP contribution in [0.15, 0.2) is 48.5 Å². The van der Waals surface area contributed by atoms with Gasteiger partial charge < -0.3 is 30.1 Å². The molecule has 2 fully saturated rings. The molecule has 0 bridgehead atoms. The average Bonchev–Trinajstić information content (AvgIpc) is 3.40. The molecule has 2 saturated heterocycles. The lowest BCUT2D eigenvalue weighted by Gasteiger charge is -2.38. The maximum absolute atomic E-state index is 12.3. The van der Waals surface area contributed by atoms with Crippen molar-refractivity contribution in [2.24, 2.45) is 0 Å². The second-order valence-corrected chi connectivity index (χ2v) is 10.4. The van der Waals surface area contributed by atoms with Crippen LogP contribution in [0.1, 0.15) is 80.5 Å². The summed E-state index contributed by atoms with van der Waals surface area (Å²) in [6, 6.07) is 15.4. The van der Waals surface area contributed by atoms with Crippen molar-refractivity contribution < 1.29 is 34.4 Å². The van der Waals surface area contributed by atoms with Gasteiger partial charge in [0.05, 0.1) is 25.4 Å². The number of nitrogens with zero attached hydrogens (tertiary/aromatic N) is 1. The molecule has 2 aliphatic rings. The molecule has 212 valence electrons. The van der Waals surface area contributed by atoms with Gasteiger partial charge in [0.15, 0.2) is 6.29 Å². The summed E-state index contributed by atoms with van der Waals surface area (Å²) in [5.74, 6) is -0.910. The average molecular weight is 541 g/mol. The highest BCUT2D eigenvalue weighted by atomic mass is 16.7. The van der Waals surface area contributed by atoms with Crippen molar-refractivity contribution in [3.05, 3.63) is 65.2 Å². The summed E-state index contributed by atoms with van der Waals surface area (Å²) in [5.41, 5.74) is 3.40. The Bertz CT molecular complexity index is 1060. The minimum Gasteiger partial charge on any atom is -0.481 e. The van der Waals surface area contributed by atoms with E-state index >= 15 is 0 Å². The van der Waals surface area contributed by atoms with E-state index < -0.39 is 12.3 Å². The standard InChI is InChI=1S/C30H40N2O7/c33-19-21-8-10-22(11-9-21)27-17-26(18-32-16-4-5-25(32)20-34)38-30(39-27)23-12-14-24(15-13-23)31-28(35)6-2-1-3-7-29(36)37/h8-15,25-27,30,33-34H,1-7,16-20H2,(H,31,35)(H,36,37)/t25-,26-,27+,30+/m0/s1. The van der Waals surface area contributed by atoms with E-state index in [0.717, 1.165) is 42.6 Å². The molecule has 9 heteroatoms. The molecule has 2 aliphatic heterocycles. The Morgan fingerprint density at radius 1 is 0.923 bits per heavy atom. The first-order valence-corrected chi connectivity index (χ1v) is 13.9. The van der Waals surface area contributed by atoms with Crippen molar-refractivity contribution in [1.82, 2.24) is 4.90 Å². The van der Waals surface area contributed by atoms with Crippen LogP contribution in [0.25, 0.3) is 0 Å². The highest BCUT2D eigenvalue weighted by Crippen LogP contribution is 2.39.